The molecule has 1 aliphatic rings. The Hall–Kier alpha value is -1.02. The Morgan fingerprint density at radius 3 is 2.80 bits per heavy atom. The molecule has 0 saturated heterocycles. The fraction of sp³-hybridized carbons (Fsp3) is 0.538. The Labute approximate surface area is 90.9 Å². The van der Waals surface area contributed by atoms with E-state index in [2.05, 4.69) is 12.1 Å². The summed E-state index contributed by atoms with van der Waals surface area (Å²) in [6, 6.07) is 4.22. The lowest BCUT2D eigenvalue weighted by molar-refractivity contribution is 0.288. The van der Waals surface area contributed by atoms with Crippen molar-refractivity contribution in [3.05, 3.63) is 28.8 Å². The van der Waals surface area contributed by atoms with Crippen LogP contribution in [0.4, 0.5) is 0 Å². The first-order chi connectivity index (χ1) is 7.36. The Morgan fingerprint density at radius 2 is 2.07 bits per heavy atom. The van der Waals surface area contributed by atoms with Crippen molar-refractivity contribution in [1.29, 1.82) is 0 Å². The van der Waals surface area contributed by atoms with Gasteiger partial charge in [0.1, 0.15) is 5.75 Å². The molecule has 0 amide bonds. The number of aliphatic hydroxyl groups excluding tert-OH is 1. The molecule has 15 heavy (non-hydrogen) atoms. The van der Waals surface area contributed by atoms with E-state index >= 15 is 0 Å². The monoisotopic (exact) mass is 206 g/mol. The highest BCUT2D eigenvalue weighted by molar-refractivity contribution is 5.47. The van der Waals surface area contributed by atoms with Gasteiger partial charge < -0.3 is 9.84 Å². The molecule has 0 spiro atoms. The molecule has 2 nitrogen and oxygen atoms in total. The van der Waals surface area contributed by atoms with Crippen LogP contribution in [-0.4, -0.2) is 18.8 Å². The van der Waals surface area contributed by atoms with Gasteiger partial charge in [0.25, 0.3) is 0 Å². The molecule has 0 aliphatic heterocycles. The van der Waals surface area contributed by atoms with Gasteiger partial charge >= 0.3 is 0 Å². The minimum absolute atomic E-state index is 0.279. The van der Waals surface area contributed by atoms with E-state index in [-0.39, 0.29) is 6.61 Å². The van der Waals surface area contributed by atoms with Crippen molar-refractivity contribution in [1.82, 2.24) is 0 Å². The zero-order valence-electron chi connectivity index (χ0n) is 9.25. The summed E-state index contributed by atoms with van der Waals surface area (Å²) < 4.78 is 5.37. The molecule has 1 aliphatic carbocycles. The van der Waals surface area contributed by atoms with Crippen LogP contribution in [-0.2, 0) is 19.3 Å². The predicted molar refractivity (Wildman–Crippen MR) is 60.4 cm³/mol. The lowest BCUT2D eigenvalue weighted by Gasteiger charge is -2.11. The Morgan fingerprint density at radius 1 is 1.27 bits per heavy atom. The molecular weight excluding hydrogens is 188 g/mol. The van der Waals surface area contributed by atoms with Crippen LogP contribution in [0.25, 0.3) is 0 Å². The van der Waals surface area contributed by atoms with Crippen LogP contribution in [0, 0.1) is 0 Å². The van der Waals surface area contributed by atoms with Crippen LogP contribution in [0.3, 0.4) is 0 Å². The molecule has 2 heteroatoms. The normalized spacial score (nSPS) is 14.0. The van der Waals surface area contributed by atoms with Crippen molar-refractivity contribution in [3.8, 4) is 5.75 Å². The molecule has 0 aromatic heterocycles. The van der Waals surface area contributed by atoms with Crippen LogP contribution in [0.2, 0.25) is 0 Å². The first-order valence-corrected chi connectivity index (χ1v) is 5.65. The molecule has 0 fully saturated rings. The van der Waals surface area contributed by atoms with E-state index in [0.717, 1.165) is 25.0 Å². The zero-order chi connectivity index (χ0) is 10.7. The van der Waals surface area contributed by atoms with E-state index in [1.54, 1.807) is 7.11 Å². The Balaban J connectivity index is 2.29. The summed E-state index contributed by atoms with van der Waals surface area (Å²) in [4.78, 5) is 0. The summed E-state index contributed by atoms with van der Waals surface area (Å²) in [5.41, 5.74) is 4.27. The van der Waals surface area contributed by atoms with Gasteiger partial charge in [-0.15, -0.1) is 0 Å². The van der Waals surface area contributed by atoms with Gasteiger partial charge in [-0.3, -0.25) is 0 Å². The van der Waals surface area contributed by atoms with E-state index in [0.29, 0.717) is 0 Å². The summed E-state index contributed by atoms with van der Waals surface area (Å²) in [5.74, 6) is 1.04. The van der Waals surface area contributed by atoms with Crippen LogP contribution in [0.15, 0.2) is 12.1 Å². The van der Waals surface area contributed by atoms with E-state index < -0.39 is 0 Å². The second kappa shape index (κ2) is 4.67. The van der Waals surface area contributed by atoms with E-state index in [9.17, 15) is 0 Å². The summed E-state index contributed by atoms with van der Waals surface area (Å²) in [6.45, 7) is 0.279. The number of aryl methyl sites for hydroxylation is 1. The van der Waals surface area contributed by atoms with Gasteiger partial charge in [0.15, 0.2) is 0 Å². The van der Waals surface area contributed by atoms with Crippen LogP contribution in [0.1, 0.15) is 29.5 Å². The van der Waals surface area contributed by atoms with Gasteiger partial charge in [-0.1, -0.05) is 6.07 Å². The first kappa shape index (κ1) is 10.5. The largest absolute Gasteiger partial charge is 0.496 e. The molecule has 1 aromatic carbocycles. The van der Waals surface area contributed by atoms with E-state index in [4.69, 9.17) is 9.84 Å². The molecule has 0 bridgehead atoms. The Bertz CT molecular complexity index is 345. The van der Waals surface area contributed by atoms with Gasteiger partial charge in [0.05, 0.1) is 7.11 Å². The van der Waals surface area contributed by atoms with E-state index in [1.165, 1.54) is 29.5 Å². The average molecular weight is 206 g/mol. The van der Waals surface area contributed by atoms with Crippen molar-refractivity contribution in [2.75, 3.05) is 13.7 Å². The number of rotatable bonds is 4. The fourth-order valence-corrected chi connectivity index (χ4v) is 2.44. The fourth-order valence-electron chi connectivity index (χ4n) is 2.44. The van der Waals surface area contributed by atoms with Gasteiger partial charge in [-0.25, -0.2) is 0 Å². The lowest BCUT2D eigenvalue weighted by atomic mass is 9.99. The Kier molecular flexibility index (Phi) is 3.27. The first-order valence-electron chi connectivity index (χ1n) is 5.65. The van der Waals surface area contributed by atoms with Crippen molar-refractivity contribution in [2.24, 2.45) is 0 Å². The van der Waals surface area contributed by atoms with Crippen molar-refractivity contribution in [3.63, 3.8) is 0 Å². The number of fused-ring (bicyclic) bond motifs is 1. The topological polar surface area (TPSA) is 29.5 Å². The summed E-state index contributed by atoms with van der Waals surface area (Å²) in [5, 5.41) is 8.85. The highest BCUT2D eigenvalue weighted by Gasteiger charge is 2.18. The summed E-state index contributed by atoms with van der Waals surface area (Å²) in [6.07, 6.45) is 5.40. The minimum Gasteiger partial charge on any atom is -0.496 e. The van der Waals surface area contributed by atoms with Crippen LogP contribution < -0.4 is 4.74 Å². The number of methoxy groups -OCH3 is 1. The molecule has 82 valence electrons. The highest BCUT2D eigenvalue weighted by atomic mass is 16.5. The number of aliphatic hydroxyl groups is 1. The molecule has 0 atom stereocenters. The van der Waals surface area contributed by atoms with Crippen LogP contribution >= 0.6 is 0 Å². The standard InChI is InChI=1S/C13H18O2/c1-15-13-8-7-10(4-3-9-14)11-5-2-6-12(11)13/h7-8,14H,2-6,9H2,1H3. The van der Waals surface area contributed by atoms with Crippen molar-refractivity contribution in [2.45, 2.75) is 32.1 Å². The number of benzene rings is 1. The highest BCUT2D eigenvalue weighted by Crippen LogP contribution is 2.33. The van der Waals surface area contributed by atoms with Crippen molar-refractivity contribution >= 4 is 0 Å². The summed E-state index contributed by atoms with van der Waals surface area (Å²) >= 11 is 0. The van der Waals surface area contributed by atoms with Crippen molar-refractivity contribution < 1.29 is 9.84 Å². The third kappa shape index (κ3) is 2.00. The van der Waals surface area contributed by atoms with Crippen LogP contribution in [0.5, 0.6) is 5.75 Å². The lowest BCUT2D eigenvalue weighted by Crippen LogP contribution is -1.98. The van der Waals surface area contributed by atoms with E-state index in [1.807, 2.05) is 0 Å². The second-order valence-corrected chi connectivity index (χ2v) is 4.06. The maximum atomic E-state index is 8.85. The summed E-state index contributed by atoms with van der Waals surface area (Å²) in [7, 11) is 1.74. The second-order valence-electron chi connectivity index (χ2n) is 4.06. The maximum Gasteiger partial charge on any atom is 0.122 e. The molecule has 0 heterocycles. The smallest absolute Gasteiger partial charge is 0.122 e. The maximum absolute atomic E-state index is 8.85. The number of hydrogen-bond acceptors (Lipinski definition) is 2. The van der Waals surface area contributed by atoms with Gasteiger partial charge in [0.2, 0.25) is 0 Å². The number of hydrogen-bond donors (Lipinski definition) is 1. The molecular formula is C13H18O2. The molecule has 0 radical (unpaired) electrons. The third-order valence-electron chi connectivity index (χ3n) is 3.16. The van der Waals surface area contributed by atoms with Gasteiger partial charge in [0, 0.05) is 6.61 Å². The minimum atomic E-state index is 0.279. The third-order valence-corrected chi connectivity index (χ3v) is 3.16. The quantitative estimate of drug-likeness (QED) is 0.817. The average Bonchev–Trinajstić information content (AvgIpc) is 2.74. The number of ether oxygens (including phenoxy) is 1. The SMILES string of the molecule is COc1ccc(CCCO)c2c1CCC2. The molecule has 0 unspecified atom stereocenters. The molecule has 1 N–H and O–H groups in total. The molecule has 0 saturated carbocycles. The molecule has 2 rings (SSSR count). The zero-order valence-corrected chi connectivity index (χ0v) is 9.25. The van der Waals surface area contributed by atoms with Gasteiger partial charge in [-0.05, 0) is 54.9 Å². The predicted octanol–water partition coefficient (Wildman–Crippen LogP) is 2.11. The molecule has 1 aromatic rings. The van der Waals surface area contributed by atoms with Gasteiger partial charge in [-0.2, -0.15) is 0 Å².